The standard InChI is InChI=1S/C11H16ClFN2O/c12-8-3-1-4-9(13)11(8)10(7-14)15-5-2-6-16/h1,3-4,10,15-16H,2,5-7,14H2. The molecule has 0 aliphatic heterocycles. The quantitative estimate of drug-likeness (QED) is 0.666. The smallest absolute Gasteiger partial charge is 0.129 e. The van der Waals surface area contributed by atoms with E-state index in [1.807, 2.05) is 0 Å². The summed E-state index contributed by atoms with van der Waals surface area (Å²) < 4.78 is 13.6. The highest BCUT2D eigenvalue weighted by molar-refractivity contribution is 6.31. The van der Waals surface area contributed by atoms with E-state index < -0.39 is 0 Å². The van der Waals surface area contributed by atoms with Crippen molar-refractivity contribution in [2.24, 2.45) is 5.73 Å². The second kappa shape index (κ2) is 6.81. The van der Waals surface area contributed by atoms with Crippen molar-refractivity contribution >= 4 is 11.6 Å². The lowest BCUT2D eigenvalue weighted by Crippen LogP contribution is -2.30. The van der Waals surface area contributed by atoms with Crippen LogP contribution >= 0.6 is 11.6 Å². The number of rotatable bonds is 6. The molecule has 16 heavy (non-hydrogen) atoms. The van der Waals surface area contributed by atoms with Gasteiger partial charge in [-0.2, -0.15) is 0 Å². The minimum atomic E-state index is -0.362. The van der Waals surface area contributed by atoms with Gasteiger partial charge in [-0.25, -0.2) is 4.39 Å². The van der Waals surface area contributed by atoms with Crippen LogP contribution in [0.3, 0.4) is 0 Å². The molecule has 0 bridgehead atoms. The molecule has 4 N–H and O–H groups in total. The topological polar surface area (TPSA) is 58.3 Å². The zero-order chi connectivity index (χ0) is 12.0. The molecule has 5 heteroatoms. The van der Waals surface area contributed by atoms with E-state index in [2.05, 4.69) is 5.32 Å². The van der Waals surface area contributed by atoms with E-state index >= 15 is 0 Å². The molecule has 0 aliphatic carbocycles. The van der Waals surface area contributed by atoms with Crippen LogP contribution in [0.2, 0.25) is 5.02 Å². The highest BCUT2D eigenvalue weighted by atomic mass is 35.5. The van der Waals surface area contributed by atoms with E-state index in [0.29, 0.717) is 23.6 Å². The molecule has 1 unspecified atom stereocenters. The molecule has 3 nitrogen and oxygen atoms in total. The first-order valence-corrected chi connectivity index (χ1v) is 5.56. The highest BCUT2D eigenvalue weighted by Crippen LogP contribution is 2.25. The van der Waals surface area contributed by atoms with Gasteiger partial charge >= 0.3 is 0 Å². The van der Waals surface area contributed by atoms with Gasteiger partial charge in [-0.05, 0) is 25.1 Å². The van der Waals surface area contributed by atoms with Crippen LogP contribution in [-0.4, -0.2) is 24.8 Å². The second-order valence-electron chi connectivity index (χ2n) is 3.45. The van der Waals surface area contributed by atoms with E-state index in [4.69, 9.17) is 22.4 Å². The molecule has 1 atom stereocenters. The number of hydrogen-bond donors (Lipinski definition) is 3. The van der Waals surface area contributed by atoms with E-state index in [1.165, 1.54) is 6.07 Å². The first-order chi connectivity index (χ1) is 7.70. The fourth-order valence-corrected chi connectivity index (χ4v) is 1.80. The van der Waals surface area contributed by atoms with Gasteiger partial charge < -0.3 is 16.2 Å². The Balaban J connectivity index is 2.78. The summed E-state index contributed by atoms with van der Waals surface area (Å²) >= 11 is 5.93. The maximum Gasteiger partial charge on any atom is 0.129 e. The van der Waals surface area contributed by atoms with Gasteiger partial charge in [-0.1, -0.05) is 17.7 Å². The summed E-state index contributed by atoms with van der Waals surface area (Å²) in [5.74, 6) is -0.362. The predicted octanol–water partition coefficient (Wildman–Crippen LogP) is 1.45. The van der Waals surface area contributed by atoms with Gasteiger partial charge in [0.05, 0.1) is 0 Å². The summed E-state index contributed by atoms with van der Waals surface area (Å²) in [6.45, 7) is 0.921. The molecule has 1 aromatic carbocycles. The van der Waals surface area contributed by atoms with Crippen LogP contribution in [0, 0.1) is 5.82 Å². The van der Waals surface area contributed by atoms with E-state index in [0.717, 1.165) is 0 Å². The molecular formula is C11H16ClFN2O. The molecule has 1 rings (SSSR count). The monoisotopic (exact) mass is 246 g/mol. The van der Waals surface area contributed by atoms with Gasteiger partial charge in [0.1, 0.15) is 5.82 Å². The lowest BCUT2D eigenvalue weighted by Gasteiger charge is -2.18. The van der Waals surface area contributed by atoms with Crippen LogP contribution in [0.4, 0.5) is 4.39 Å². The maximum atomic E-state index is 13.6. The van der Waals surface area contributed by atoms with Crippen molar-refractivity contribution in [3.05, 3.63) is 34.6 Å². The van der Waals surface area contributed by atoms with Crippen LogP contribution in [0.1, 0.15) is 18.0 Å². The number of hydrogen-bond acceptors (Lipinski definition) is 3. The minimum absolute atomic E-state index is 0.0926. The molecule has 0 aliphatic rings. The van der Waals surface area contributed by atoms with Crippen molar-refractivity contribution in [2.75, 3.05) is 19.7 Å². The van der Waals surface area contributed by atoms with E-state index in [1.54, 1.807) is 12.1 Å². The summed E-state index contributed by atoms with van der Waals surface area (Å²) in [6.07, 6.45) is 0.600. The number of nitrogens with two attached hydrogens (primary N) is 1. The summed E-state index contributed by atoms with van der Waals surface area (Å²) in [7, 11) is 0. The van der Waals surface area contributed by atoms with Gasteiger partial charge in [0, 0.05) is 29.8 Å². The van der Waals surface area contributed by atoms with Crippen molar-refractivity contribution in [1.29, 1.82) is 0 Å². The molecule has 0 heterocycles. The lowest BCUT2D eigenvalue weighted by molar-refractivity contribution is 0.283. The SMILES string of the molecule is NCC(NCCCO)c1c(F)cccc1Cl. The molecule has 0 radical (unpaired) electrons. The number of aliphatic hydroxyl groups is 1. The average Bonchev–Trinajstić information content (AvgIpc) is 2.26. The Kier molecular flexibility index (Phi) is 5.69. The molecule has 0 aromatic heterocycles. The number of benzene rings is 1. The normalized spacial score (nSPS) is 12.8. The van der Waals surface area contributed by atoms with Crippen LogP contribution in [0.25, 0.3) is 0 Å². The molecule has 90 valence electrons. The van der Waals surface area contributed by atoms with Crippen molar-refractivity contribution < 1.29 is 9.50 Å². The van der Waals surface area contributed by atoms with Crippen LogP contribution < -0.4 is 11.1 Å². The van der Waals surface area contributed by atoms with Gasteiger partial charge in [-0.3, -0.25) is 0 Å². The average molecular weight is 247 g/mol. The van der Waals surface area contributed by atoms with Crippen molar-refractivity contribution in [2.45, 2.75) is 12.5 Å². The Bertz CT molecular complexity index is 316. The van der Waals surface area contributed by atoms with Crippen LogP contribution in [-0.2, 0) is 0 Å². The molecule has 0 saturated carbocycles. The number of nitrogens with one attached hydrogen (secondary N) is 1. The van der Waals surface area contributed by atoms with Gasteiger partial charge in [0.25, 0.3) is 0 Å². The van der Waals surface area contributed by atoms with Gasteiger partial charge in [-0.15, -0.1) is 0 Å². The Morgan fingerprint density at radius 2 is 2.25 bits per heavy atom. The Labute approximate surface area is 99.4 Å². The Morgan fingerprint density at radius 3 is 2.81 bits per heavy atom. The molecule has 1 aromatic rings. The fourth-order valence-electron chi connectivity index (χ4n) is 1.50. The largest absolute Gasteiger partial charge is 0.396 e. The lowest BCUT2D eigenvalue weighted by atomic mass is 10.1. The molecule has 0 spiro atoms. The predicted molar refractivity (Wildman–Crippen MR) is 62.9 cm³/mol. The Hall–Kier alpha value is -0.680. The van der Waals surface area contributed by atoms with Gasteiger partial charge in [0.2, 0.25) is 0 Å². The summed E-state index contributed by atoms with van der Waals surface area (Å²) in [5.41, 5.74) is 5.97. The zero-order valence-corrected chi connectivity index (χ0v) is 9.67. The van der Waals surface area contributed by atoms with E-state index in [-0.39, 0.29) is 25.0 Å². The molecular weight excluding hydrogens is 231 g/mol. The summed E-state index contributed by atoms with van der Waals surface area (Å²) in [6, 6.07) is 4.23. The third kappa shape index (κ3) is 3.42. The number of halogens is 2. The fraction of sp³-hybridized carbons (Fsp3) is 0.455. The van der Waals surface area contributed by atoms with Crippen LogP contribution in [0.15, 0.2) is 18.2 Å². The number of aliphatic hydroxyl groups excluding tert-OH is 1. The first kappa shape index (κ1) is 13.4. The third-order valence-corrected chi connectivity index (χ3v) is 2.64. The molecule has 0 fully saturated rings. The van der Waals surface area contributed by atoms with Crippen molar-refractivity contribution in [3.63, 3.8) is 0 Å². The molecule has 0 saturated heterocycles. The van der Waals surface area contributed by atoms with Crippen molar-refractivity contribution in [1.82, 2.24) is 5.32 Å². The van der Waals surface area contributed by atoms with Crippen molar-refractivity contribution in [3.8, 4) is 0 Å². The first-order valence-electron chi connectivity index (χ1n) is 5.19. The van der Waals surface area contributed by atoms with Gasteiger partial charge in [0.15, 0.2) is 0 Å². The maximum absolute atomic E-state index is 13.6. The summed E-state index contributed by atoms with van der Waals surface area (Å²) in [5, 5.41) is 12.1. The van der Waals surface area contributed by atoms with E-state index in [9.17, 15) is 4.39 Å². The molecule has 0 amide bonds. The Morgan fingerprint density at radius 1 is 1.50 bits per heavy atom. The third-order valence-electron chi connectivity index (χ3n) is 2.31. The minimum Gasteiger partial charge on any atom is -0.396 e. The second-order valence-corrected chi connectivity index (χ2v) is 3.86. The zero-order valence-electron chi connectivity index (χ0n) is 8.92. The van der Waals surface area contributed by atoms with Crippen LogP contribution in [0.5, 0.6) is 0 Å². The summed E-state index contributed by atoms with van der Waals surface area (Å²) in [4.78, 5) is 0. The highest BCUT2D eigenvalue weighted by Gasteiger charge is 2.16.